The molecule has 0 aromatic heterocycles. The molecule has 5 atom stereocenters. The summed E-state index contributed by atoms with van der Waals surface area (Å²) in [6.07, 6.45) is 19.9. The molecule has 3 aromatic carbocycles. The third-order valence-corrected chi connectivity index (χ3v) is 18.1. The van der Waals surface area contributed by atoms with Crippen LogP contribution >= 0.6 is 0 Å². The highest BCUT2D eigenvalue weighted by Gasteiger charge is 2.63. The van der Waals surface area contributed by atoms with Crippen LogP contribution in [0.1, 0.15) is 178 Å². The molecule has 0 N–H and O–H groups in total. The highest BCUT2D eigenvalue weighted by Crippen LogP contribution is 2.64. The van der Waals surface area contributed by atoms with Crippen LogP contribution < -0.4 is 20.2 Å². The number of anilines is 4. The first-order chi connectivity index (χ1) is 31.1. The lowest BCUT2D eigenvalue weighted by Gasteiger charge is -2.55. The topological polar surface area (TPSA) is 9.72 Å². The Hall–Kier alpha value is -4.44. The van der Waals surface area contributed by atoms with Gasteiger partial charge in [0.1, 0.15) is 0 Å². The van der Waals surface area contributed by atoms with Crippen molar-refractivity contribution in [2.45, 2.75) is 190 Å². The zero-order valence-electron chi connectivity index (χ0n) is 44.9. The minimum Gasteiger partial charge on any atom is -0.356 e. The number of aryl methyl sites for hydroxylation is 1. The lowest BCUT2D eigenvalue weighted by Crippen LogP contribution is -2.61. The fraction of sp³-hybridized carbons (Fsp3) is 0.524. The van der Waals surface area contributed by atoms with Gasteiger partial charge in [0.25, 0.3) is 0 Å². The Bertz CT molecular complexity index is 2790. The van der Waals surface area contributed by atoms with Gasteiger partial charge in [-0.1, -0.05) is 163 Å². The van der Waals surface area contributed by atoms with Crippen molar-refractivity contribution in [1.82, 2.24) is 0 Å². The number of allylic oxidation sites excluding steroid dienone is 8. The third kappa shape index (κ3) is 6.93. The number of hydrogen-bond acceptors (Lipinski definition) is 3. The molecular weight excluding hydrogens is 810 g/mol. The summed E-state index contributed by atoms with van der Waals surface area (Å²) in [5.74, 6) is 0.816. The Balaban J connectivity index is 1.26. The Morgan fingerprint density at radius 3 is 1.99 bits per heavy atom. The van der Waals surface area contributed by atoms with Crippen LogP contribution in [0, 0.1) is 29.6 Å². The van der Waals surface area contributed by atoms with Gasteiger partial charge in [0.05, 0.1) is 5.54 Å². The second kappa shape index (κ2) is 14.8. The van der Waals surface area contributed by atoms with Gasteiger partial charge in [-0.25, -0.2) is 0 Å². The van der Waals surface area contributed by atoms with E-state index in [9.17, 15) is 0 Å². The van der Waals surface area contributed by atoms with Gasteiger partial charge in [0.15, 0.2) is 0 Å². The molecule has 67 heavy (non-hydrogen) atoms. The Morgan fingerprint density at radius 1 is 0.672 bits per heavy atom. The first-order valence-electron chi connectivity index (χ1n) is 26.2. The molecule has 0 saturated heterocycles. The lowest BCUT2D eigenvalue weighted by atomic mass is 9.29. The number of hydrogen-bond donors (Lipinski definition) is 0. The van der Waals surface area contributed by atoms with E-state index in [1.165, 1.54) is 86.7 Å². The summed E-state index contributed by atoms with van der Waals surface area (Å²) in [6, 6.07) is 22.1. The molecule has 0 spiro atoms. The fourth-order valence-electron chi connectivity index (χ4n) is 14.3. The maximum absolute atomic E-state index is 2.96. The first kappa shape index (κ1) is 46.3. The molecule has 3 aromatic rings. The van der Waals surface area contributed by atoms with Gasteiger partial charge in [0, 0.05) is 50.8 Å². The van der Waals surface area contributed by atoms with Gasteiger partial charge < -0.3 is 14.7 Å². The van der Waals surface area contributed by atoms with Crippen LogP contribution in [0.15, 0.2) is 124 Å². The lowest BCUT2D eigenvalue weighted by molar-refractivity contribution is 0.270. The van der Waals surface area contributed by atoms with E-state index < -0.39 is 0 Å². The van der Waals surface area contributed by atoms with Crippen LogP contribution in [0.25, 0.3) is 0 Å². The summed E-state index contributed by atoms with van der Waals surface area (Å²) in [5, 5.41) is 0. The van der Waals surface area contributed by atoms with Crippen molar-refractivity contribution in [3.05, 3.63) is 146 Å². The fourth-order valence-corrected chi connectivity index (χ4v) is 14.3. The molecule has 3 nitrogen and oxygen atoms in total. The van der Waals surface area contributed by atoms with Crippen LogP contribution in [-0.2, 0) is 16.2 Å². The van der Waals surface area contributed by atoms with E-state index in [-0.39, 0.29) is 44.9 Å². The van der Waals surface area contributed by atoms with E-state index >= 15 is 0 Å². The molecule has 7 aliphatic rings. The van der Waals surface area contributed by atoms with Gasteiger partial charge in [-0.2, -0.15) is 0 Å². The second-order valence-corrected chi connectivity index (χ2v) is 27.1. The highest BCUT2D eigenvalue weighted by atomic mass is 15.3. The summed E-state index contributed by atoms with van der Waals surface area (Å²) in [4.78, 5) is 8.43. The van der Waals surface area contributed by atoms with E-state index in [4.69, 9.17) is 0 Å². The number of rotatable bonds is 3. The molecule has 0 bridgehead atoms. The minimum atomic E-state index is -0.244. The van der Waals surface area contributed by atoms with Crippen LogP contribution in [0.3, 0.4) is 0 Å². The zero-order valence-corrected chi connectivity index (χ0v) is 44.9. The molecule has 0 amide bonds. The summed E-state index contributed by atoms with van der Waals surface area (Å²) in [7, 11) is 0. The first-order valence-corrected chi connectivity index (χ1v) is 26.2. The van der Waals surface area contributed by atoms with Crippen molar-refractivity contribution in [1.29, 1.82) is 0 Å². The molecule has 5 unspecified atom stereocenters. The largest absolute Gasteiger partial charge is 0.356 e. The van der Waals surface area contributed by atoms with Gasteiger partial charge in [-0.05, 0) is 168 Å². The molecule has 1 fully saturated rings. The van der Waals surface area contributed by atoms with E-state index in [0.29, 0.717) is 11.8 Å². The predicted octanol–water partition coefficient (Wildman–Crippen LogP) is 16.2. The van der Waals surface area contributed by atoms with Gasteiger partial charge >= 0.3 is 0 Å². The molecule has 352 valence electrons. The summed E-state index contributed by atoms with van der Waals surface area (Å²) < 4.78 is 0. The number of fused-ring (bicyclic) bond motifs is 6. The smallest absolute Gasteiger partial charge is 0.247 e. The predicted molar refractivity (Wildman–Crippen MR) is 290 cm³/mol. The molecular formula is C63H82BN3. The summed E-state index contributed by atoms with van der Waals surface area (Å²) in [6.45, 7) is 43.9. The summed E-state index contributed by atoms with van der Waals surface area (Å²) in [5.41, 5.74) is 23.2. The molecule has 0 radical (unpaired) electrons. The molecule has 4 aliphatic carbocycles. The normalized spacial score (nSPS) is 28.2. The van der Waals surface area contributed by atoms with E-state index in [1.807, 2.05) is 0 Å². The van der Waals surface area contributed by atoms with Crippen molar-refractivity contribution >= 4 is 34.9 Å². The molecule has 3 heterocycles. The maximum Gasteiger partial charge on any atom is 0.247 e. The molecule has 3 aliphatic heterocycles. The second-order valence-electron chi connectivity index (χ2n) is 27.1. The average Bonchev–Trinajstić information content (AvgIpc) is 3.62. The van der Waals surface area contributed by atoms with Gasteiger partial charge in [-0.3, -0.25) is 0 Å². The third-order valence-electron chi connectivity index (χ3n) is 18.1. The van der Waals surface area contributed by atoms with E-state index in [2.05, 4.69) is 224 Å². The summed E-state index contributed by atoms with van der Waals surface area (Å²) >= 11 is 0. The van der Waals surface area contributed by atoms with Crippen molar-refractivity contribution < 1.29 is 0 Å². The van der Waals surface area contributed by atoms with Crippen molar-refractivity contribution in [2.75, 3.05) is 14.7 Å². The van der Waals surface area contributed by atoms with Crippen molar-refractivity contribution in [3.8, 4) is 0 Å². The zero-order chi connectivity index (χ0) is 48.3. The van der Waals surface area contributed by atoms with Crippen molar-refractivity contribution in [3.63, 3.8) is 0 Å². The molecule has 1 saturated carbocycles. The Labute approximate surface area is 407 Å². The number of benzene rings is 3. The van der Waals surface area contributed by atoms with Crippen LogP contribution in [-0.4, -0.2) is 17.8 Å². The molecule has 4 heteroatoms. The van der Waals surface area contributed by atoms with Crippen LogP contribution in [0.4, 0.5) is 22.7 Å². The van der Waals surface area contributed by atoms with Crippen LogP contribution in [0.5, 0.6) is 0 Å². The van der Waals surface area contributed by atoms with Gasteiger partial charge in [-0.15, -0.1) is 0 Å². The highest BCUT2D eigenvalue weighted by molar-refractivity contribution is 6.90. The van der Waals surface area contributed by atoms with Crippen LogP contribution in [0.2, 0.25) is 0 Å². The Kier molecular flexibility index (Phi) is 10.2. The molecule has 10 rings (SSSR count). The number of nitrogens with zero attached hydrogens (tertiary/aromatic N) is 3. The Morgan fingerprint density at radius 2 is 1.34 bits per heavy atom. The quantitative estimate of drug-likeness (QED) is 0.243. The van der Waals surface area contributed by atoms with Crippen molar-refractivity contribution in [2.24, 2.45) is 22.7 Å². The van der Waals surface area contributed by atoms with E-state index in [0.717, 1.165) is 19.3 Å². The average molecular weight is 892 g/mol. The standard InChI is InChI=1S/C63H82BN3/c1-39-31-51-56-52(32-39)66(46-24-25-47(40(2)34-46)60(13,14)15)54-38-61(16,67-50-26-23-43(58(7,8)9)36-48(50)62(17)28-20-29-63(62,67)18)30-27-49(54)64(56)55-41(3)33-44(59(10,11)12)37-53(55)65(51)45-22-19-21-42(35-45)57(4,5)6/h19,21-27,31-32,35-38,40-41H,20,28-30,33-34H2,1-18H3. The maximum atomic E-state index is 2.96. The van der Waals surface area contributed by atoms with Gasteiger partial charge in [0.2, 0.25) is 6.71 Å². The minimum absolute atomic E-state index is 0.00177. The monoisotopic (exact) mass is 892 g/mol. The SMILES string of the molecule is Cc1cc2c3c(c1)N(c1cccc(C(C)(C)C)c1)C1=C(B3C3=CCC(C)(N4c5ccc(C(C)(C)C)cc5C5(C)CCCC45C)C=C3N2C2=CC=C(C(C)(C)C)C(C)C2)C(C)CC(C(C)(C)C)=C1. The van der Waals surface area contributed by atoms with E-state index in [1.54, 1.807) is 22.2 Å².